The Kier molecular flexibility index (Phi) is 8.99. The van der Waals surface area contributed by atoms with Gasteiger partial charge in [0.1, 0.15) is 11.9 Å². The number of rotatable bonds is 11. The summed E-state index contributed by atoms with van der Waals surface area (Å²) in [6.45, 7) is 1.97. The van der Waals surface area contributed by atoms with E-state index < -0.39 is 11.9 Å². The summed E-state index contributed by atoms with van der Waals surface area (Å²) in [4.78, 5) is 28.8. The molecule has 0 saturated heterocycles. The van der Waals surface area contributed by atoms with E-state index in [1.54, 1.807) is 29.2 Å². The van der Waals surface area contributed by atoms with Crippen LogP contribution in [0.2, 0.25) is 10.0 Å². The summed E-state index contributed by atoms with van der Waals surface area (Å²) in [7, 11) is 0. The second kappa shape index (κ2) is 12.6. The van der Waals surface area contributed by atoms with Crippen LogP contribution in [0.1, 0.15) is 25.3 Å². The number of nitrogens with one attached hydrogen (secondary N) is 2. The molecule has 4 aromatic rings. The number of carbonyl (C=O) groups excluding carboxylic acids is 2. The Morgan fingerprint density at radius 3 is 2.50 bits per heavy atom. The standard InChI is InChI=1S/C28H28Cl2N6O2/c1-18(9-12-27(37)34-25(28(31)38)14-19-6-3-2-4-7-19)33-26-16-24(20-8-5-13-32-17-20)35-36(26)21-10-11-22(29)23(30)15-21/h2-8,10-11,13,15-18,25,33H,9,12,14H2,1H3,(H2,31,38)(H,34,37)/t18?,25-/m0/s1. The molecule has 0 aliphatic heterocycles. The highest BCUT2D eigenvalue weighted by Crippen LogP contribution is 2.29. The number of amides is 2. The molecule has 0 spiro atoms. The zero-order valence-corrected chi connectivity index (χ0v) is 22.3. The fourth-order valence-corrected chi connectivity index (χ4v) is 4.26. The normalized spacial score (nSPS) is 12.5. The molecule has 0 radical (unpaired) electrons. The highest BCUT2D eigenvalue weighted by atomic mass is 35.5. The molecule has 2 aromatic carbocycles. The topological polar surface area (TPSA) is 115 Å². The number of nitrogens with zero attached hydrogens (tertiary/aromatic N) is 3. The third-order valence-electron chi connectivity index (χ3n) is 5.97. The summed E-state index contributed by atoms with van der Waals surface area (Å²) in [6.07, 6.45) is 4.51. The Morgan fingerprint density at radius 2 is 1.82 bits per heavy atom. The largest absolute Gasteiger partial charge is 0.368 e. The smallest absolute Gasteiger partial charge is 0.240 e. The van der Waals surface area contributed by atoms with Crippen LogP contribution in [0.15, 0.2) is 79.1 Å². The van der Waals surface area contributed by atoms with E-state index in [0.717, 1.165) is 22.5 Å². The van der Waals surface area contributed by atoms with Gasteiger partial charge in [0.05, 0.1) is 21.4 Å². The van der Waals surface area contributed by atoms with Gasteiger partial charge in [-0.1, -0.05) is 53.5 Å². The third kappa shape index (κ3) is 7.12. The SMILES string of the molecule is CC(CCC(=O)N[C@@H](Cc1ccccc1)C(N)=O)Nc1cc(-c2cccnc2)nn1-c1ccc(Cl)c(Cl)c1. The van der Waals surface area contributed by atoms with Crippen LogP contribution in [0.3, 0.4) is 0 Å². The van der Waals surface area contributed by atoms with Gasteiger partial charge in [0, 0.05) is 42.9 Å². The van der Waals surface area contributed by atoms with Crippen LogP contribution in [0.25, 0.3) is 16.9 Å². The summed E-state index contributed by atoms with van der Waals surface area (Å²) in [5.74, 6) is -0.0940. The number of halogens is 2. The molecule has 2 heterocycles. The Morgan fingerprint density at radius 1 is 1.03 bits per heavy atom. The van der Waals surface area contributed by atoms with Crippen LogP contribution in [0.4, 0.5) is 5.82 Å². The van der Waals surface area contributed by atoms with Gasteiger partial charge in [-0.05, 0) is 49.2 Å². The zero-order valence-electron chi connectivity index (χ0n) is 20.8. The zero-order chi connectivity index (χ0) is 27.1. The molecule has 0 bridgehead atoms. The van der Waals surface area contributed by atoms with Gasteiger partial charge in [0.25, 0.3) is 0 Å². The molecule has 0 fully saturated rings. The molecule has 196 valence electrons. The molecule has 8 nitrogen and oxygen atoms in total. The van der Waals surface area contributed by atoms with E-state index in [1.165, 1.54) is 0 Å². The van der Waals surface area contributed by atoms with Crippen molar-refractivity contribution >= 4 is 40.8 Å². The average molecular weight is 551 g/mol. The molecule has 2 aromatic heterocycles. The molecule has 0 aliphatic carbocycles. The Hall–Kier alpha value is -3.88. The number of nitrogens with two attached hydrogens (primary N) is 1. The first-order valence-corrected chi connectivity index (χ1v) is 12.9. The first-order valence-electron chi connectivity index (χ1n) is 12.1. The molecule has 1 unspecified atom stereocenters. The molecule has 4 N–H and O–H groups in total. The lowest BCUT2D eigenvalue weighted by molar-refractivity contribution is -0.127. The van der Waals surface area contributed by atoms with Crippen molar-refractivity contribution in [2.24, 2.45) is 5.73 Å². The number of pyridine rings is 1. The lowest BCUT2D eigenvalue weighted by atomic mass is 10.0. The van der Waals surface area contributed by atoms with Crippen molar-refractivity contribution in [3.05, 3.63) is 94.7 Å². The van der Waals surface area contributed by atoms with Crippen molar-refractivity contribution in [2.75, 3.05) is 5.32 Å². The minimum Gasteiger partial charge on any atom is -0.368 e. The van der Waals surface area contributed by atoms with Gasteiger partial charge in [0.2, 0.25) is 11.8 Å². The maximum Gasteiger partial charge on any atom is 0.240 e. The highest BCUT2D eigenvalue weighted by molar-refractivity contribution is 6.42. The van der Waals surface area contributed by atoms with E-state index in [2.05, 4.69) is 15.6 Å². The second-order valence-electron chi connectivity index (χ2n) is 8.96. The summed E-state index contributed by atoms with van der Waals surface area (Å²) in [5, 5.41) is 11.8. The summed E-state index contributed by atoms with van der Waals surface area (Å²) in [5.41, 5.74) is 8.77. The first kappa shape index (κ1) is 27.2. The van der Waals surface area contributed by atoms with Crippen molar-refractivity contribution < 1.29 is 9.59 Å². The van der Waals surface area contributed by atoms with Crippen molar-refractivity contribution in [1.82, 2.24) is 20.1 Å². The fraction of sp³-hybridized carbons (Fsp3) is 0.214. The number of aromatic nitrogens is 3. The quantitative estimate of drug-likeness (QED) is 0.242. The Balaban J connectivity index is 1.44. The van der Waals surface area contributed by atoms with Gasteiger partial charge in [-0.2, -0.15) is 5.10 Å². The van der Waals surface area contributed by atoms with Crippen LogP contribution < -0.4 is 16.4 Å². The first-order chi connectivity index (χ1) is 18.3. The van der Waals surface area contributed by atoms with E-state index in [9.17, 15) is 9.59 Å². The van der Waals surface area contributed by atoms with Crippen LogP contribution in [0.5, 0.6) is 0 Å². The number of primary amides is 1. The van der Waals surface area contributed by atoms with Crippen LogP contribution in [-0.2, 0) is 16.0 Å². The second-order valence-corrected chi connectivity index (χ2v) is 9.78. The van der Waals surface area contributed by atoms with Gasteiger partial charge in [-0.25, -0.2) is 4.68 Å². The molecule has 38 heavy (non-hydrogen) atoms. The third-order valence-corrected chi connectivity index (χ3v) is 6.71. The van der Waals surface area contributed by atoms with Crippen LogP contribution in [0, 0.1) is 0 Å². The molecular formula is C28H28Cl2N6O2. The van der Waals surface area contributed by atoms with E-state index >= 15 is 0 Å². The summed E-state index contributed by atoms with van der Waals surface area (Å²) < 4.78 is 1.74. The summed E-state index contributed by atoms with van der Waals surface area (Å²) >= 11 is 12.4. The van der Waals surface area contributed by atoms with E-state index in [0.29, 0.717) is 28.7 Å². The highest BCUT2D eigenvalue weighted by Gasteiger charge is 2.20. The molecular weight excluding hydrogens is 523 g/mol. The van der Waals surface area contributed by atoms with Gasteiger partial charge in [-0.3, -0.25) is 14.6 Å². The number of benzene rings is 2. The van der Waals surface area contributed by atoms with Gasteiger partial charge in [0.15, 0.2) is 0 Å². The molecule has 0 saturated carbocycles. The van der Waals surface area contributed by atoms with Crippen molar-refractivity contribution in [3.63, 3.8) is 0 Å². The summed E-state index contributed by atoms with van der Waals surface area (Å²) in [6, 6.07) is 19.5. The maximum atomic E-state index is 12.7. The lowest BCUT2D eigenvalue weighted by Gasteiger charge is -2.18. The van der Waals surface area contributed by atoms with Crippen LogP contribution in [-0.4, -0.2) is 38.7 Å². The molecule has 0 aliphatic rings. The predicted octanol–water partition coefficient (Wildman–Crippen LogP) is 5.03. The van der Waals surface area contributed by atoms with E-state index in [4.69, 9.17) is 34.0 Å². The van der Waals surface area contributed by atoms with Gasteiger partial charge < -0.3 is 16.4 Å². The van der Waals surface area contributed by atoms with Gasteiger partial charge in [-0.15, -0.1) is 0 Å². The van der Waals surface area contributed by atoms with Crippen molar-refractivity contribution in [1.29, 1.82) is 0 Å². The number of hydrogen-bond acceptors (Lipinski definition) is 5. The number of carbonyl (C=O) groups is 2. The van der Waals surface area contributed by atoms with Gasteiger partial charge >= 0.3 is 0 Å². The monoisotopic (exact) mass is 550 g/mol. The number of anilines is 1. The van der Waals surface area contributed by atoms with Crippen molar-refractivity contribution in [2.45, 2.75) is 38.3 Å². The Bertz CT molecular complexity index is 1400. The predicted molar refractivity (Wildman–Crippen MR) is 150 cm³/mol. The minimum absolute atomic E-state index is 0.0955. The molecule has 2 amide bonds. The van der Waals surface area contributed by atoms with E-state index in [1.807, 2.05) is 61.5 Å². The fourth-order valence-electron chi connectivity index (χ4n) is 3.96. The van der Waals surface area contributed by atoms with Crippen molar-refractivity contribution in [3.8, 4) is 16.9 Å². The van der Waals surface area contributed by atoms with Crippen LogP contribution >= 0.6 is 23.2 Å². The Labute approximate surface area is 231 Å². The molecule has 2 atom stereocenters. The van der Waals surface area contributed by atoms with E-state index in [-0.39, 0.29) is 18.4 Å². The minimum atomic E-state index is -0.772. The maximum absolute atomic E-state index is 12.7. The average Bonchev–Trinajstić information content (AvgIpc) is 3.33. The lowest BCUT2D eigenvalue weighted by Crippen LogP contribution is -2.46. The molecule has 4 rings (SSSR count). The number of hydrogen-bond donors (Lipinski definition) is 3. The molecule has 10 heteroatoms.